The molecule has 0 bridgehead atoms. The number of benzene rings is 1. The summed E-state index contributed by atoms with van der Waals surface area (Å²) in [6.07, 6.45) is 0. The Morgan fingerprint density at radius 2 is 1.85 bits per heavy atom. The molecule has 1 unspecified atom stereocenters. The van der Waals surface area contributed by atoms with Crippen LogP contribution in [0.3, 0.4) is 0 Å². The maximum atomic E-state index is 11.8. The molecule has 20 heavy (non-hydrogen) atoms. The van der Waals surface area contributed by atoms with Gasteiger partial charge in [-0.05, 0) is 32.9 Å². The SMILES string of the molecule is Cc1ccc(NC(C(N)=O)c2c(C)nn(C)c2C)cc1. The Morgan fingerprint density at radius 3 is 2.30 bits per heavy atom. The minimum Gasteiger partial charge on any atom is -0.370 e. The molecule has 0 aliphatic rings. The van der Waals surface area contributed by atoms with Crippen molar-refractivity contribution in [1.82, 2.24) is 9.78 Å². The summed E-state index contributed by atoms with van der Waals surface area (Å²) in [5.41, 5.74) is 10.2. The van der Waals surface area contributed by atoms with Gasteiger partial charge in [-0.1, -0.05) is 17.7 Å². The largest absolute Gasteiger partial charge is 0.370 e. The standard InChI is InChI=1S/C15H20N4O/c1-9-5-7-12(8-6-9)17-14(15(16)20)13-10(2)18-19(4)11(13)3/h5-8,14,17H,1-4H3,(H2,16,20). The van der Waals surface area contributed by atoms with E-state index in [4.69, 9.17) is 5.73 Å². The number of nitrogens with two attached hydrogens (primary N) is 1. The number of anilines is 1. The molecule has 1 aromatic heterocycles. The van der Waals surface area contributed by atoms with Crippen LogP contribution in [0.4, 0.5) is 5.69 Å². The zero-order valence-corrected chi connectivity index (χ0v) is 12.3. The molecule has 106 valence electrons. The van der Waals surface area contributed by atoms with Gasteiger partial charge in [-0.2, -0.15) is 5.10 Å². The number of nitrogens with one attached hydrogen (secondary N) is 1. The van der Waals surface area contributed by atoms with E-state index >= 15 is 0 Å². The molecule has 0 aliphatic heterocycles. The molecule has 1 atom stereocenters. The van der Waals surface area contributed by atoms with Gasteiger partial charge in [0, 0.05) is 24.0 Å². The minimum atomic E-state index is -0.577. The number of rotatable bonds is 4. The third-order valence-corrected chi connectivity index (χ3v) is 3.50. The van der Waals surface area contributed by atoms with Gasteiger partial charge in [0.1, 0.15) is 6.04 Å². The lowest BCUT2D eigenvalue weighted by molar-refractivity contribution is -0.118. The van der Waals surface area contributed by atoms with E-state index in [2.05, 4.69) is 10.4 Å². The quantitative estimate of drug-likeness (QED) is 0.894. The number of carbonyl (C=O) groups excluding carboxylic acids is 1. The summed E-state index contributed by atoms with van der Waals surface area (Å²) in [6, 6.07) is 7.28. The summed E-state index contributed by atoms with van der Waals surface area (Å²) in [5, 5.41) is 7.53. The summed E-state index contributed by atoms with van der Waals surface area (Å²) in [6.45, 7) is 5.84. The molecule has 0 saturated carbocycles. The van der Waals surface area contributed by atoms with Crippen molar-refractivity contribution in [3.05, 3.63) is 46.8 Å². The Labute approximate surface area is 118 Å². The summed E-state index contributed by atoms with van der Waals surface area (Å²) in [5.74, 6) is -0.412. The molecule has 0 aliphatic carbocycles. The Balaban J connectivity index is 2.37. The number of aromatic nitrogens is 2. The van der Waals surface area contributed by atoms with Crippen LogP contribution in [0, 0.1) is 20.8 Å². The lowest BCUT2D eigenvalue weighted by Crippen LogP contribution is -2.28. The van der Waals surface area contributed by atoms with Gasteiger partial charge in [0.25, 0.3) is 0 Å². The van der Waals surface area contributed by atoms with E-state index in [1.54, 1.807) is 4.68 Å². The van der Waals surface area contributed by atoms with Gasteiger partial charge < -0.3 is 11.1 Å². The predicted octanol–water partition coefficient (Wildman–Crippen LogP) is 1.98. The van der Waals surface area contributed by atoms with Gasteiger partial charge in [-0.25, -0.2) is 0 Å². The highest BCUT2D eigenvalue weighted by Gasteiger charge is 2.24. The topological polar surface area (TPSA) is 72.9 Å². The normalized spacial score (nSPS) is 12.2. The number of hydrogen-bond acceptors (Lipinski definition) is 3. The van der Waals surface area contributed by atoms with Gasteiger partial charge in [0.05, 0.1) is 5.69 Å². The van der Waals surface area contributed by atoms with Gasteiger partial charge in [-0.15, -0.1) is 0 Å². The smallest absolute Gasteiger partial charge is 0.244 e. The van der Waals surface area contributed by atoms with E-state index in [9.17, 15) is 4.79 Å². The number of aryl methyl sites for hydroxylation is 3. The van der Waals surface area contributed by atoms with Crippen molar-refractivity contribution < 1.29 is 4.79 Å². The zero-order chi connectivity index (χ0) is 14.9. The Kier molecular flexibility index (Phi) is 3.79. The second-order valence-corrected chi connectivity index (χ2v) is 5.05. The van der Waals surface area contributed by atoms with Crippen LogP contribution in [0.15, 0.2) is 24.3 Å². The second-order valence-electron chi connectivity index (χ2n) is 5.05. The van der Waals surface area contributed by atoms with Crippen molar-refractivity contribution in [2.45, 2.75) is 26.8 Å². The van der Waals surface area contributed by atoms with Gasteiger partial charge in [0.2, 0.25) is 5.91 Å². The van der Waals surface area contributed by atoms with E-state index in [1.807, 2.05) is 52.1 Å². The third-order valence-electron chi connectivity index (χ3n) is 3.50. The zero-order valence-electron chi connectivity index (χ0n) is 12.3. The van der Waals surface area contributed by atoms with Crippen LogP contribution in [0.5, 0.6) is 0 Å². The Hall–Kier alpha value is -2.30. The lowest BCUT2D eigenvalue weighted by atomic mass is 10.0. The number of primary amides is 1. The minimum absolute atomic E-state index is 0.412. The van der Waals surface area contributed by atoms with Crippen molar-refractivity contribution in [2.24, 2.45) is 12.8 Å². The van der Waals surface area contributed by atoms with Crippen LogP contribution in [0.2, 0.25) is 0 Å². The van der Waals surface area contributed by atoms with Gasteiger partial charge in [0.15, 0.2) is 0 Å². The average Bonchev–Trinajstić information content (AvgIpc) is 2.63. The summed E-state index contributed by atoms with van der Waals surface area (Å²) >= 11 is 0. The molecule has 1 heterocycles. The number of nitrogens with zero attached hydrogens (tertiary/aromatic N) is 2. The first-order valence-corrected chi connectivity index (χ1v) is 6.52. The molecule has 2 rings (SSSR count). The highest BCUT2D eigenvalue weighted by molar-refractivity contribution is 5.85. The lowest BCUT2D eigenvalue weighted by Gasteiger charge is -2.17. The number of amides is 1. The van der Waals surface area contributed by atoms with Crippen molar-refractivity contribution in [1.29, 1.82) is 0 Å². The maximum absolute atomic E-state index is 11.8. The molecule has 0 saturated heterocycles. The Morgan fingerprint density at radius 1 is 1.25 bits per heavy atom. The van der Waals surface area contributed by atoms with Crippen LogP contribution in [-0.2, 0) is 11.8 Å². The molecule has 1 amide bonds. The molecule has 5 nitrogen and oxygen atoms in total. The van der Waals surface area contributed by atoms with Crippen molar-refractivity contribution in [2.75, 3.05) is 5.32 Å². The maximum Gasteiger partial charge on any atom is 0.244 e. The van der Waals surface area contributed by atoms with Crippen LogP contribution < -0.4 is 11.1 Å². The summed E-state index contributed by atoms with van der Waals surface area (Å²) < 4.78 is 1.76. The number of carbonyl (C=O) groups is 1. The van der Waals surface area contributed by atoms with E-state index in [1.165, 1.54) is 5.56 Å². The molecule has 0 spiro atoms. The monoisotopic (exact) mass is 272 g/mol. The van der Waals surface area contributed by atoms with Crippen molar-refractivity contribution in [3.63, 3.8) is 0 Å². The Bertz CT molecular complexity index is 628. The fraction of sp³-hybridized carbons (Fsp3) is 0.333. The molecular formula is C15H20N4O. The molecule has 0 fully saturated rings. The first-order chi connectivity index (χ1) is 9.40. The van der Waals surface area contributed by atoms with Gasteiger partial charge >= 0.3 is 0 Å². The van der Waals surface area contributed by atoms with Crippen LogP contribution in [0.25, 0.3) is 0 Å². The van der Waals surface area contributed by atoms with Crippen LogP contribution in [0.1, 0.15) is 28.6 Å². The highest BCUT2D eigenvalue weighted by atomic mass is 16.1. The molecule has 2 aromatic rings. The predicted molar refractivity (Wildman–Crippen MR) is 79.4 cm³/mol. The third kappa shape index (κ3) is 2.66. The summed E-state index contributed by atoms with van der Waals surface area (Å²) in [7, 11) is 1.86. The summed E-state index contributed by atoms with van der Waals surface area (Å²) in [4.78, 5) is 11.8. The van der Waals surface area contributed by atoms with Crippen molar-refractivity contribution in [3.8, 4) is 0 Å². The fourth-order valence-electron chi connectivity index (χ4n) is 2.31. The molecular weight excluding hydrogens is 252 g/mol. The van der Waals surface area contributed by atoms with E-state index < -0.39 is 11.9 Å². The van der Waals surface area contributed by atoms with E-state index in [0.717, 1.165) is 22.6 Å². The van der Waals surface area contributed by atoms with Gasteiger partial charge in [-0.3, -0.25) is 9.48 Å². The fourth-order valence-corrected chi connectivity index (χ4v) is 2.31. The first-order valence-electron chi connectivity index (χ1n) is 6.52. The molecule has 0 radical (unpaired) electrons. The van der Waals surface area contributed by atoms with Crippen LogP contribution >= 0.6 is 0 Å². The highest BCUT2D eigenvalue weighted by Crippen LogP contribution is 2.25. The molecule has 5 heteroatoms. The second kappa shape index (κ2) is 5.36. The van der Waals surface area contributed by atoms with E-state index in [-0.39, 0.29) is 0 Å². The van der Waals surface area contributed by atoms with Crippen molar-refractivity contribution >= 4 is 11.6 Å². The average molecular weight is 272 g/mol. The van der Waals surface area contributed by atoms with E-state index in [0.29, 0.717) is 0 Å². The molecule has 3 N–H and O–H groups in total. The number of hydrogen-bond donors (Lipinski definition) is 2. The van der Waals surface area contributed by atoms with Crippen LogP contribution in [-0.4, -0.2) is 15.7 Å². The first kappa shape index (κ1) is 14.1. The molecule has 1 aromatic carbocycles.